The molecule has 36 heavy (non-hydrogen) atoms. The molecule has 0 saturated heterocycles. The predicted molar refractivity (Wildman–Crippen MR) is 128 cm³/mol. The number of benzene rings is 3. The minimum absolute atomic E-state index is 0.0503. The number of hydrogen-bond donors (Lipinski definition) is 1. The molecule has 0 atom stereocenters. The number of halogens is 3. The van der Waals surface area contributed by atoms with Crippen LogP contribution in [0.2, 0.25) is 0 Å². The predicted octanol–water partition coefficient (Wildman–Crippen LogP) is 5.44. The molecule has 0 radical (unpaired) electrons. The van der Waals surface area contributed by atoms with Gasteiger partial charge in [-0.1, -0.05) is 42.5 Å². The highest BCUT2D eigenvalue weighted by Gasteiger charge is 2.35. The van der Waals surface area contributed by atoms with Crippen molar-refractivity contribution in [3.63, 3.8) is 0 Å². The average Bonchev–Trinajstić information content (AvgIpc) is 2.85. The Labute approximate surface area is 206 Å². The maximum atomic E-state index is 13.6. The number of aliphatic carboxylic acids is 1. The number of amides is 1. The summed E-state index contributed by atoms with van der Waals surface area (Å²) in [5, 5.41) is 9.19. The van der Waals surface area contributed by atoms with E-state index in [1.54, 1.807) is 53.4 Å². The Bertz CT molecular complexity index is 1210. The van der Waals surface area contributed by atoms with Crippen molar-refractivity contribution in [2.45, 2.75) is 26.1 Å². The number of carbonyl (C=O) groups excluding carboxylic acids is 1. The second-order valence-corrected chi connectivity index (χ2v) is 7.94. The van der Waals surface area contributed by atoms with Gasteiger partial charge in [0.2, 0.25) is 0 Å². The molecule has 0 bridgehead atoms. The SMILES string of the molecule is CCN(Cc1ccccc1-c1cc(CC(=O)O)c(C(F)(F)F)cc1OC)C(=O)COc1ccccc1. The van der Waals surface area contributed by atoms with E-state index in [1.165, 1.54) is 13.2 Å². The lowest BCUT2D eigenvalue weighted by molar-refractivity contribution is -0.140. The highest BCUT2D eigenvalue weighted by Crippen LogP contribution is 2.41. The first-order valence-corrected chi connectivity index (χ1v) is 11.2. The monoisotopic (exact) mass is 501 g/mol. The molecule has 9 heteroatoms. The van der Waals surface area contributed by atoms with Gasteiger partial charge in [-0.15, -0.1) is 0 Å². The van der Waals surface area contributed by atoms with E-state index in [9.17, 15) is 27.9 Å². The van der Waals surface area contributed by atoms with Crippen LogP contribution in [0.1, 0.15) is 23.6 Å². The number of methoxy groups -OCH3 is 1. The molecule has 0 aliphatic heterocycles. The van der Waals surface area contributed by atoms with Crippen LogP contribution in [0.25, 0.3) is 11.1 Å². The van der Waals surface area contributed by atoms with E-state index in [2.05, 4.69) is 0 Å². The molecule has 0 aliphatic rings. The summed E-state index contributed by atoms with van der Waals surface area (Å²) >= 11 is 0. The van der Waals surface area contributed by atoms with Gasteiger partial charge in [0.05, 0.1) is 19.1 Å². The number of alkyl halides is 3. The molecule has 3 aromatic carbocycles. The summed E-state index contributed by atoms with van der Waals surface area (Å²) < 4.78 is 51.7. The van der Waals surface area contributed by atoms with E-state index < -0.39 is 24.1 Å². The summed E-state index contributed by atoms with van der Waals surface area (Å²) in [5.41, 5.74) is 0.0600. The van der Waals surface area contributed by atoms with Crippen LogP contribution in [0.3, 0.4) is 0 Å². The van der Waals surface area contributed by atoms with Crippen molar-refractivity contribution < 1.29 is 37.3 Å². The minimum Gasteiger partial charge on any atom is -0.496 e. The second-order valence-electron chi connectivity index (χ2n) is 7.94. The number of para-hydroxylation sites is 1. The zero-order valence-corrected chi connectivity index (χ0v) is 19.8. The van der Waals surface area contributed by atoms with Gasteiger partial charge in [-0.25, -0.2) is 0 Å². The van der Waals surface area contributed by atoms with Gasteiger partial charge in [0, 0.05) is 18.7 Å². The normalized spacial score (nSPS) is 11.1. The Balaban J connectivity index is 1.96. The number of nitrogens with zero attached hydrogens (tertiary/aromatic N) is 1. The molecule has 0 heterocycles. The molecule has 1 amide bonds. The van der Waals surface area contributed by atoms with Crippen molar-refractivity contribution in [3.8, 4) is 22.6 Å². The standard InChI is InChI=1S/C27H26F3NO5/c1-3-31(25(32)17-36-20-10-5-4-6-11-20)16-18-9-7-8-12-21(18)22-13-19(14-26(33)34)23(27(28,29)30)15-24(22)35-2/h4-13,15H,3,14,16-17H2,1-2H3,(H,33,34). The van der Waals surface area contributed by atoms with E-state index in [-0.39, 0.29) is 30.4 Å². The highest BCUT2D eigenvalue weighted by atomic mass is 19.4. The Morgan fingerprint density at radius 3 is 2.22 bits per heavy atom. The molecule has 0 spiro atoms. The van der Waals surface area contributed by atoms with Gasteiger partial charge < -0.3 is 19.5 Å². The van der Waals surface area contributed by atoms with Crippen LogP contribution in [-0.4, -0.2) is 42.1 Å². The van der Waals surface area contributed by atoms with E-state index in [0.29, 0.717) is 29.0 Å². The van der Waals surface area contributed by atoms with E-state index in [4.69, 9.17) is 9.47 Å². The number of likely N-dealkylation sites (N-methyl/N-ethyl adjacent to an activating group) is 1. The zero-order chi connectivity index (χ0) is 26.3. The lowest BCUT2D eigenvalue weighted by Gasteiger charge is -2.24. The van der Waals surface area contributed by atoms with Gasteiger partial charge in [-0.05, 0) is 47.9 Å². The van der Waals surface area contributed by atoms with Gasteiger partial charge in [0.1, 0.15) is 11.5 Å². The molecule has 190 valence electrons. The number of ether oxygens (including phenoxy) is 2. The van der Waals surface area contributed by atoms with Crippen molar-refractivity contribution in [1.29, 1.82) is 0 Å². The Morgan fingerprint density at radius 1 is 0.944 bits per heavy atom. The van der Waals surface area contributed by atoms with Crippen LogP contribution in [-0.2, 0) is 28.7 Å². The summed E-state index contributed by atoms with van der Waals surface area (Å²) in [6.07, 6.45) is -5.55. The minimum atomic E-state index is -4.75. The Morgan fingerprint density at radius 2 is 1.61 bits per heavy atom. The topological polar surface area (TPSA) is 76.1 Å². The summed E-state index contributed by atoms with van der Waals surface area (Å²) in [6, 6.07) is 17.9. The van der Waals surface area contributed by atoms with Crippen molar-refractivity contribution in [1.82, 2.24) is 4.90 Å². The van der Waals surface area contributed by atoms with Crippen LogP contribution in [0.4, 0.5) is 13.2 Å². The first-order valence-electron chi connectivity index (χ1n) is 11.2. The third-order valence-corrected chi connectivity index (χ3v) is 5.58. The lowest BCUT2D eigenvalue weighted by atomic mass is 9.93. The summed E-state index contributed by atoms with van der Waals surface area (Å²) in [7, 11) is 1.25. The fourth-order valence-electron chi connectivity index (χ4n) is 3.83. The molecule has 0 aromatic heterocycles. The molecule has 6 nitrogen and oxygen atoms in total. The van der Waals surface area contributed by atoms with Crippen molar-refractivity contribution in [3.05, 3.63) is 83.4 Å². The fourth-order valence-corrected chi connectivity index (χ4v) is 3.83. The molecule has 0 saturated carbocycles. The third kappa shape index (κ3) is 6.56. The maximum absolute atomic E-state index is 13.6. The van der Waals surface area contributed by atoms with E-state index in [1.807, 2.05) is 13.0 Å². The highest BCUT2D eigenvalue weighted by molar-refractivity contribution is 5.80. The molecule has 0 aliphatic carbocycles. The number of rotatable bonds is 10. The van der Waals surface area contributed by atoms with E-state index in [0.717, 1.165) is 6.07 Å². The van der Waals surface area contributed by atoms with Gasteiger partial charge in [0.15, 0.2) is 6.61 Å². The molecule has 0 fully saturated rings. The van der Waals surface area contributed by atoms with Gasteiger partial charge in [-0.3, -0.25) is 9.59 Å². The first-order chi connectivity index (χ1) is 17.1. The van der Waals surface area contributed by atoms with Gasteiger partial charge >= 0.3 is 12.1 Å². The van der Waals surface area contributed by atoms with Crippen LogP contribution in [0, 0.1) is 0 Å². The van der Waals surface area contributed by atoms with Crippen LogP contribution in [0.5, 0.6) is 11.5 Å². The number of hydrogen-bond acceptors (Lipinski definition) is 4. The van der Waals surface area contributed by atoms with E-state index >= 15 is 0 Å². The first kappa shape index (κ1) is 26.6. The summed E-state index contributed by atoms with van der Waals surface area (Å²) in [5.74, 6) is -1.14. The zero-order valence-electron chi connectivity index (χ0n) is 19.8. The van der Waals surface area contributed by atoms with Crippen LogP contribution >= 0.6 is 0 Å². The smallest absolute Gasteiger partial charge is 0.416 e. The number of carboxylic acids is 1. The molecular formula is C27H26F3NO5. The van der Waals surface area contributed by atoms with Gasteiger partial charge in [-0.2, -0.15) is 13.2 Å². The second kappa shape index (κ2) is 11.6. The average molecular weight is 502 g/mol. The van der Waals surface area contributed by atoms with Crippen molar-refractivity contribution in [2.24, 2.45) is 0 Å². The Hall–Kier alpha value is -4.01. The maximum Gasteiger partial charge on any atom is 0.416 e. The lowest BCUT2D eigenvalue weighted by Crippen LogP contribution is -2.34. The van der Waals surface area contributed by atoms with Crippen molar-refractivity contribution in [2.75, 3.05) is 20.3 Å². The summed E-state index contributed by atoms with van der Waals surface area (Å²) in [4.78, 5) is 25.7. The molecule has 3 rings (SSSR count). The van der Waals surface area contributed by atoms with Gasteiger partial charge in [0.25, 0.3) is 5.91 Å². The molecule has 1 N–H and O–H groups in total. The molecule has 0 unspecified atom stereocenters. The van der Waals surface area contributed by atoms with Crippen molar-refractivity contribution >= 4 is 11.9 Å². The largest absolute Gasteiger partial charge is 0.496 e. The molecular weight excluding hydrogens is 475 g/mol. The van der Waals surface area contributed by atoms with Crippen LogP contribution < -0.4 is 9.47 Å². The number of carbonyl (C=O) groups is 2. The Kier molecular flexibility index (Phi) is 8.58. The quantitative estimate of drug-likeness (QED) is 0.401. The van der Waals surface area contributed by atoms with Crippen LogP contribution in [0.15, 0.2) is 66.7 Å². The molecule has 3 aromatic rings. The fraction of sp³-hybridized carbons (Fsp3) is 0.259. The third-order valence-electron chi connectivity index (χ3n) is 5.58. The number of carboxylic acid groups (broad SMARTS) is 1. The summed E-state index contributed by atoms with van der Waals surface area (Å²) in [6.45, 7) is 2.18.